The van der Waals surface area contributed by atoms with Gasteiger partial charge in [0.15, 0.2) is 11.5 Å². The van der Waals surface area contributed by atoms with Gasteiger partial charge in [-0.05, 0) is 35.9 Å². The maximum atomic E-state index is 12.1. The molecule has 1 aromatic heterocycles. The van der Waals surface area contributed by atoms with Crippen molar-refractivity contribution < 1.29 is 14.3 Å². The van der Waals surface area contributed by atoms with Crippen LogP contribution in [0.2, 0.25) is 5.28 Å². The molecule has 1 aromatic carbocycles. The molecule has 104 valence electrons. The van der Waals surface area contributed by atoms with Crippen LogP contribution in [-0.2, 0) is 0 Å². The maximum absolute atomic E-state index is 12.1. The molecule has 2 aromatic rings. The van der Waals surface area contributed by atoms with Crippen molar-refractivity contribution in [1.29, 1.82) is 0 Å². The van der Waals surface area contributed by atoms with E-state index in [0.29, 0.717) is 22.9 Å². The van der Waals surface area contributed by atoms with Gasteiger partial charge in [0.2, 0.25) is 5.28 Å². The zero-order valence-electron chi connectivity index (χ0n) is 10.9. The number of halogens is 1. The Morgan fingerprint density at radius 2 is 1.95 bits per heavy atom. The molecule has 0 aliphatic rings. The number of benzene rings is 1. The summed E-state index contributed by atoms with van der Waals surface area (Å²) in [4.78, 5) is 19.7. The Bertz CT molecular complexity index is 634. The molecule has 0 aliphatic heterocycles. The van der Waals surface area contributed by atoms with Crippen molar-refractivity contribution in [3.8, 4) is 11.5 Å². The van der Waals surface area contributed by atoms with Crippen LogP contribution in [0.5, 0.6) is 11.5 Å². The monoisotopic (exact) mass is 293 g/mol. The van der Waals surface area contributed by atoms with Gasteiger partial charge in [-0.25, -0.2) is 9.97 Å². The van der Waals surface area contributed by atoms with Crippen LogP contribution < -0.4 is 14.8 Å². The molecule has 0 atom stereocenters. The first-order valence-electron chi connectivity index (χ1n) is 5.66. The number of nitrogens with one attached hydrogen (secondary N) is 1. The van der Waals surface area contributed by atoms with E-state index in [2.05, 4.69) is 15.3 Å². The molecule has 0 fully saturated rings. The quantitative estimate of drug-likeness (QED) is 0.876. The number of amides is 1. The van der Waals surface area contributed by atoms with E-state index in [9.17, 15) is 4.79 Å². The molecular weight excluding hydrogens is 282 g/mol. The molecule has 1 amide bonds. The lowest BCUT2D eigenvalue weighted by molar-refractivity contribution is 0.102. The van der Waals surface area contributed by atoms with Crippen LogP contribution in [0.25, 0.3) is 0 Å². The number of hydrogen-bond acceptors (Lipinski definition) is 5. The van der Waals surface area contributed by atoms with Crippen molar-refractivity contribution in [2.75, 3.05) is 19.5 Å². The molecule has 0 saturated heterocycles. The largest absolute Gasteiger partial charge is 0.493 e. The minimum absolute atomic E-state index is 0.0649. The molecule has 2 rings (SSSR count). The highest BCUT2D eigenvalue weighted by atomic mass is 35.5. The second kappa shape index (κ2) is 6.21. The van der Waals surface area contributed by atoms with Crippen LogP contribution in [-0.4, -0.2) is 30.1 Å². The zero-order valence-corrected chi connectivity index (χ0v) is 11.6. The Balaban J connectivity index is 2.21. The van der Waals surface area contributed by atoms with E-state index >= 15 is 0 Å². The molecule has 0 radical (unpaired) electrons. The topological polar surface area (TPSA) is 73.3 Å². The molecule has 20 heavy (non-hydrogen) atoms. The van der Waals surface area contributed by atoms with E-state index in [-0.39, 0.29) is 11.2 Å². The van der Waals surface area contributed by atoms with Crippen LogP contribution in [0.15, 0.2) is 30.5 Å². The Labute approximate surface area is 120 Å². The van der Waals surface area contributed by atoms with Crippen molar-refractivity contribution in [3.05, 3.63) is 41.3 Å². The number of rotatable bonds is 4. The second-order valence-electron chi connectivity index (χ2n) is 3.73. The van der Waals surface area contributed by atoms with Gasteiger partial charge in [-0.15, -0.1) is 0 Å². The maximum Gasteiger partial charge on any atom is 0.256 e. The summed E-state index contributed by atoms with van der Waals surface area (Å²) < 4.78 is 10.3. The Morgan fingerprint density at radius 1 is 1.20 bits per heavy atom. The fourth-order valence-electron chi connectivity index (χ4n) is 1.57. The Morgan fingerprint density at radius 3 is 2.60 bits per heavy atom. The van der Waals surface area contributed by atoms with Gasteiger partial charge >= 0.3 is 0 Å². The molecule has 0 aliphatic carbocycles. The zero-order chi connectivity index (χ0) is 14.5. The van der Waals surface area contributed by atoms with Gasteiger partial charge in [-0.1, -0.05) is 0 Å². The number of methoxy groups -OCH3 is 2. The Hall–Kier alpha value is -2.34. The minimum Gasteiger partial charge on any atom is -0.493 e. The van der Waals surface area contributed by atoms with Crippen molar-refractivity contribution in [2.24, 2.45) is 0 Å². The van der Waals surface area contributed by atoms with E-state index < -0.39 is 0 Å². The highest BCUT2D eigenvalue weighted by Crippen LogP contribution is 2.27. The predicted molar refractivity (Wildman–Crippen MR) is 74.5 cm³/mol. The fraction of sp³-hybridized carbons (Fsp3) is 0.154. The summed E-state index contributed by atoms with van der Waals surface area (Å²) in [5.41, 5.74) is 0.414. The van der Waals surface area contributed by atoms with Crippen molar-refractivity contribution in [2.45, 2.75) is 0 Å². The van der Waals surface area contributed by atoms with Crippen molar-refractivity contribution in [1.82, 2.24) is 9.97 Å². The molecule has 7 heteroatoms. The third kappa shape index (κ3) is 3.16. The highest BCUT2D eigenvalue weighted by molar-refractivity contribution is 6.28. The molecular formula is C13H12ClN3O3. The Kier molecular flexibility index (Phi) is 4.37. The summed E-state index contributed by atoms with van der Waals surface area (Å²) >= 11 is 5.65. The summed E-state index contributed by atoms with van der Waals surface area (Å²) in [5, 5.41) is 2.68. The second-order valence-corrected chi connectivity index (χ2v) is 4.07. The fourth-order valence-corrected chi connectivity index (χ4v) is 1.72. The first kappa shape index (κ1) is 14.1. The summed E-state index contributed by atoms with van der Waals surface area (Å²) in [5.74, 6) is 1.01. The summed E-state index contributed by atoms with van der Waals surface area (Å²) in [6.07, 6.45) is 1.46. The number of anilines is 1. The SMILES string of the molecule is COc1ccc(C(=O)Nc2ccnc(Cl)n2)cc1OC. The first-order chi connectivity index (χ1) is 9.63. The number of carbonyl (C=O) groups excluding carboxylic acids is 1. The third-order valence-electron chi connectivity index (χ3n) is 2.51. The standard InChI is InChI=1S/C13H12ClN3O3/c1-19-9-4-3-8(7-10(9)20-2)12(18)16-11-5-6-15-13(14)17-11/h3-7H,1-2H3,(H,15,16,17,18). The van der Waals surface area contributed by atoms with Crippen LogP contribution in [0, 0.1) is 0 Å². The third-order valence-corrected chi connectivity index (χ3v) is 2.70. The lowest BCUT2D eigenvalue weighted by Crippen LogP contribution is -2.13. The van der Waals surface area contributed by atoms with Gasteiger partial charge in [-0.2, -0.15) is 0 Å². The molecule has 1 N–H and O–H groups in total. The number of ether oxygens (including phenoxy) is 2. The van der Waals surface area contributed by atoms with Crippen molar-refractivity contribution >= 4 is 23.3 Å². The highest BCUT2D eigenvalue weighted by Gasteiger charge is 2.11. The average Bonchev–Trinajstić information content (AvgIpc) is 2.46. The van der Waals surface area contributed by atoms with Crippen LogP contribution in [0.1, 0.15) is 10.4 Å². The lowest BCUT2D eigenvalue weighted by Gasteiger charge is -2.09. The van der Waals surface area contributed by atoms with E-state index in [1.807, 2.05) is 0 Å². The molecule has 1 heterocycles. The van der Waals surface area contributed by atoms with Crippen molar-refractivity contribution in [3.63, 3.8) is 0 Å². The lowest BCUT2D eigenvalue weighted by atomic mass is 10.2. The average molecular weight is 294 g/mol. The number of hydrogen-bond donors (Lipinski definition) is 1. The molecule has 0 saturated carbocycles. The minimum atomic E-state index is -0.333. The number of nitrogens with zero attached hydrogens (tertiary/aromatic N) is 2. The van der Waals surface area contributed by atoms with E-state index in [0.717, 1.165) is 0 Å². The molecule has 0 spiro atoms. The summed E-state index contributed by atoms with van der Waals surface area (Å²) in [6, 6.07) is 6.40. The van der Waals surface area contributed by atoms with Gasteiger partial charge in [0.25, 0.3) is 5.91 Å². The normalized spacial score (nSPS) is 9.95. The molecule has 0 unspecified atom stereocenters. The van der Waals surface area contributed by atoms with Crippen LogP contribution in [0.4, 0.5) is 5.82 Å². The molecule has 0 bridgehead atoms. The number of carbonyl (C=O) groups is 1. The van der Waals surface area contributed by atoms with Gasteiger partial charge < -0.3 is 14.8 Å². The smallest absolute Gasteiger partial charge is 0.256 e. The first-order valence-corrected chi connectivity index (χ1v) is 6.03. The summed E-state index contributed by atoms with van der Waals surface area (Å²) in [7, 11) is 3.03. The predicted octanol–water partition coefficient (Wildman–Crippen LogP) is 2.40. The van der Waals surface area contributed by atoms with Gasteiger partial charge in [0.05, 0.1) is 14.2 Å². The van der Waals surface area contributed by atoms with Crippen LogP contribution in [0.3, 0.4) is 0 Å². The van der Waals surface area contributed by atoms with E-state index in [1.54, 1.807) is 24.3 Å². The van der Waals surface area contributed by atoms with Gasteiger partial charge in [0.1, 0.15) is 5.82 Å². The van der Waals surface area contributed by atoms with E-state index in [4.69, 9.17) is 21.1 Å². The van der Waals surface area contributed by atoms with E-state index in [1.165, 1.54) is 20.4 Å². The summed E-state index contributed by atoms with van der Waals surface area (Å²) in [6.45, 7) is 0. The van der Waals surface area contributed by atoms with Gasteiger partial charge in [-0.3, -0.25) is 4.79 Å². The van der Waals surface area contributed by atoms with Crippen LogP contribution >= 0.6 is 11.6 Å². The van der Waals surface area contributed by atoms with Gasteiger partial charge in [0, 0.05) is 11.8 Å². The molecule has 6 nitrogen and oxygen atoms in total. The number of aromatic nitrogens is 2.